The molecular weight excluding hydrogens is 466 g/mol. The number of nitrogens with zero attached hydrogens (tertiary/aromatic N) is 4. The Kier molecular flexibility index (Phi) is 6.49. The summed E-state index contributed by atoms with van der Waals surface area (Å²) in [6.45, 7) is 10.4. The Morgan fingerprint density at radius 3 is 2.39 bits per heavy atom. The maximum atomic E-state index is 5.91. The van der Waals surface area contributed by atoms with Gasteiger partial charge < -0.3 is 19.5 Å². The van der Waals surface area contributed by atoms with Crippen LogP contribution in [0, 0.1) is 20.8 Å². The molecule has 1 aliphatic rings. The van der Waals surface area contributed by atoms with Crippen LogP contribution >= 0.6 is 12.2 Å². The zero-order valence-electron chi connectivity index (χ0n) is 21.3. The molecule has 4 aromatic rings. The molecule has 1 fully saturated rings. The first-order valence-corrected chi connectivity index (χ1v) is 12.6. The smallest absolute Gasteiger partial charge is 0.174 e. The van der Waals surface area contributed by atoms with Crippen molar-refractivity contribution in [2.24, 2.45) is 0 Å². The number of thiocarbonyl (C=S) groups is 1. The van der Waals surface area contributed by atoms with E-state index in [0.29, 0.717) is 5.11 Å². The van der Waals surface area contributed by atoms with Crippen molar-refractivity contribution in [3.8, 4) is 11.6 Å². The monoisotopic (exact) mass is 497 g/mol. The SMILES string of the molecule is Cc1ccc(-n2c(C)cc([C@@H]3[C@@H](c4ccccn4)NC(=S)N3c3ccc(OC(C)C)cc3)c2C)nc1. The molecule has 184 valence electrons. The molecule has 5 rings (SSSR count). The van der Waals surface area contributed by atoms with Gasteiger partial charge in [-0.15, -0.1) is 0 Å². The van der Waals surface area contributed by atoms with Gasteiger partial charge in [-0.25, -0.2) is 4.98 Å². The van der Waals surface area contributed by atoms with Crippen LogP contribution in [-0.4, -0.2) is 25.8 Å². The fourth-order valence-corrected chi connectivity index (χ4v) is 5.28. The molecule has 1 saturated heterocycles. The van der Waals surface area contributed by atoms with E-state index in [2.05, 4.69) is 76.9 Å². The first-order chi connectivity index (χ1) is 17.3. The number of benzene rings is 1. The van der Waals surface area contributed by atoms with Crippen molar-refractivity contribution in [1.29, 1.82) is 0 Å². The number of ether oxygens (including phenoxy) is 1. The third kappa shape index (κ3) is 4.46. The molecule has 2 atom stereocenters. The highest BCUT2D eigenvalue weighted by molar-refractivity contribution is 7.80. The Morgan fingerprint density at radius 1 is 0.972 bits per heavy atom. The van der Waals surface area contributed by atoms with Gasteiger partial charge >= 0.3 is 0 Å². The predicted molar refractivity (Wildman–Crippen MR) is 148 cm³/mol. The van der Waals surface area contributed by atoms with Gasteiger partial charge in [0.1, 0.15) is 11.6 Å². The minimum absolute atomic E-state index is 0.0883. The number of aryl methyl sites for hydroxylation is 2. The van der Waals surface area contributed by atoms with Crippen LogP contribution in [0.2, 0.25) is 0 Å². The third-order valence-corrected chi connectivity index (χ3v) is 6.81. The van der Waals surface area contributed by atoms with Crippen LogP contribution in [0.25, 0.3) is 5.82 Å². The summed E-state index contributed by atoms with van der Waals surface area (Å²) < 4.78 is 8.08. The van der Waals surface area contributed by atoms with Crippen molar-refractivity contribution in [3.63, 3.8) is 0 Å². The quantitative estimate of drug-likeness (QED) is 0.322. The topological polar surface area (TPSA) is 55.2 Å². The zero-order valence-corrected chi connectivity index (χ0v) is 22.1. The summed E-state index contributed by atoms with van der Waals surface area (Å²) >= 11 is 5.91. The number of hydrogen-bond acceptors (Lipinski definition) is 4. The first kappa shape index (κ1) is 24.0. The van der Waals surface area contributed by atoms with Crippen LogP contribution in [0.4, 0.5) is 5.69 Å². The van der Waals surface area contributed by atoms with Gasteiger partial charge in [0.25, 0.3) is 0 Å². The molecule has 6 nitrogen and oxygen atoms in total. The molecule has 1 N–H and O–H groups in total. The minimum atomic E-state index is -0.106. The Labute approximate surface area is 218 Å². The van der Waals surface area contributed by atoms with E-state index < -0.39 is 0 Å². The van der Waals surface area contributed by atoms with Gasteiger partial charge in [-0.05, 0) is 106 Å². The van der Waals surface area contributed by atoms with E-state index in [4.69, 9.17) is 21.9 Å². The highest BCUT2D eigenvalue weighted by Crippen LogP contribution is 2.43. The van der Waals surface area contributed by atoms with Crippen LogP contribution < -0.4 is 15.0 Å². The van der Waals surface area contributed by atoms with Gasteiger partial charge in [-0.2, -0.15) is 0 Å². The average Bonchev–Trinajstić information content (AvgIpc) is 3.35. The Bertz CT molecular complexity index is 1360. The van der Waals surface area contributed by atoms with E-state index >= 15 is 0 Å². The summed E-state index contributed by atoms with van der Waals surface area (Å²) in [6, 6.07) is 20.4. The second-order valence-electron chi connectivity index (χ2n) is 9.51. The molecule has 0 saturated carbocycles. The Morgan fingerprint density at radius 2 is 1.75 bits per heavy atom. The second kappa shape index (κ2) is 9.74. The largest absolute Gasteiger partial charge is 0.491 e. The molecule has 7 heteroatoms. The maximum Gasteiger partial charge on any atom is 0.174 e. The van der Waals surface area contributed by atoms with Crippen LogP contribution in [0.1, 0.15) is 54.1 Å². The zero-order chi connectivity index (χ0) is 25.4. The van der Waals surface area contributed by atoms with Crippen molar-refractivity contribution in [2.45, 2.75) is 52.8 Å². The fraction of sp³-hybridized carbons (Fsp3) is 0.276. The number of aromatic nitrogens is 3. The van der Waals surface area contributed by atoms with E-state index in [1.165, 1.54) is 5.56 Å². The summed E-state index contributed by atoms with van der Waals surface area (Å²) in [6.07, 6.45) is 3.86. The molecule has 0 spiro atoms. The van der Waals surface area contributed by atoms with E-state index in [-0.39, 0.29) is 18.2 Å². The Hall–Kier alpha value is -3.71. The van der Waals surface area contributed by atoms with Gasteiger partial charge in [0.2, 0.25) is 0 Å². The summed E-state index contributed by atoms with van der Waals surface area (Å²) in [5, 5.41) is 4.23. The molecule has 1 aliphatic heterocycles. The lowest BCUT2D eigenvalue weighted by Gasteiger charge is -2.28. The van der Waals surface area contributed by atoms with E-state index in [0.717, 1.165) is 39.9 Å². The van der Waals surface area contributed by atoms with Gasteiger partial charge in [0, 0.05) is 29.5 Å². The summed E-state index contributed by atoms with van der Waals surface area (Å²) in [7, 11) is 0. The maximum absolute atomic E-state index is 5.91. The standard InChI is InChI=1S/C29H31N5OS/c1-18(2)35-23-12-10-22(11-13-23)34-28(27(32-29(34)36)25-8-6-7-15-30-25)24-16-20(4)33(21(24)5)26-14-9-19(3)17-31-26/h6-18,27-28H,1-5H3,(H,32,36)/t27-,28-/m1/s1. The highest BCUT2D eigenvalue weighted by Gasteiger charge is 2.42. The molecule has 0 bridgehead atoms. The minimum Gasteiger partial charge on any atom is -0.491 e. The van der Waals surface area contributed by atoms with Crippen LogP contribution in [0.5, 0.6) is 5.75 Å². The van der Waals surface area contributed by atoms with E-state index in [9.17, 15) is 0 Å². The van der Waals surface area contributed by atoms with Crippen LogP contribution in [-0.2, 0) is 0 Å². The molecular formula is C29H31N5OS. The van der Waals surface area contributed by atoms with Crippen LogP contribution in [0.15, 0.2) is 73.1 Å². The van der Waals surface area contributed by atoms with Crippen molar-refractivity contribution < 1.29 is 4.74 Å². The van der Waals surface area contributed by atoms with Gasteiger partial charge in [-0.3, -0.25) is 4.98 Å². The van der Waals surface area contributed by atoms with Gasteiger partial charge in [-0.1, -0.05) is 12.1 Å². The molecule has 36 heavy (non-hydrogen) atoms. The number of nitrogens with one attached hydrogen (secondary N) is 1. The predicted octanol–water partition coefficient (Wildman–Crippen LogP) is 6.16. The van der Waals surface area contributed by atoms with Crippen LogP contribution in [0.3, 0.4) is 0 Å². The summed E-state index contributed by atoms with van der Waals surface area (Å²) in [5.41, 5.74) is 6.53. The Balaban J connectivity index is 1.62. The number of anilines is 1. The van der Waals surface area contributed by atoms with Gasteiger partial charge in [0.05, 0.1) is 23.9 Å². The molecule has 1 aromatic carbocycles. The number of pyridine rings is 2. The highest BCUT2D eigenvalue weighted by atomic mass is 32.1. The van der Waals surface area contributed by atoms with E-state index in [1.807, 2.05) is 50.5 Å². The first-order valence-electron chi connectivity index (χ1n) is 12.2. The van der Waals surface area contributed by atoms with Gasteiger partial charge in [0.15, 0.2) is 5.11 Å². The molecule has 3 aromatic heterocycles. The third-order valence-electron chi connectivity index (χ3n) is 6.50. The molecule has 0 amide bonds. The van der Waals surface area contributed by atoms with Crippen molar-refractivity contribution in [3.05, 3.63) is 101 Å². The lowest BCUT2D eigenvalue weighted by atomic mass is 9.96. The average molecular weight is 498 g/mol. The molecule has 0 unspecified atom stereocenters. The lowest BCUT2D eigenvalue weighted by Crippen LogP contribution is -2.29. The van der Waals surface area contributed by atoms with Crippen molar-refractivity contribution in [2.75, 3.05) is 4.90 Å². The molecule has 0 aliphatic carbocycles. The lowest BCUT2D eigenvalue weighted by molar-refractivity contribution is 0.242. The van der Waals surface area contributed by atoms with Crippen molar-refractivity contribution in [1.82, 2.24) is 19.9 Å². The summed E-state index contributed by atoms with van der Waals surface area (Å²) in [5.74, 6) is 1.75. The molecule has 0 radical (unpaired) electrons. The number of hydrogen-bond donors (Lipinski definition) is 1. The van der Waals surface area contributed by atoms with Crippen molar-refractivity contribution >= 4 is 23.0 Å². The number of rotatable bonds is 6. The fourth-order valence-electron chi connectivity index (χ4n) is 4.94. The second-order valence-corrected chi connectivity index (χ2v) is 9.90. The van der Waals surface area contributed by atoms with E-state index in [1.54, 1.807) is 0 Å². The summed E-state index contributed by atoms with van der Waals surface area (Å²) in [4.78, 5) is 11.6. The molecule has 4 heterocycles. The normalized spacial score (nSPS) is 17.5.